The molecule has 0 saturated carbocycles. The van der Waals surface area contributed by atoms with Crippen LogP contribution in [0.25, 0.3) is 10.9 Å². The number of fused-ring (bicyclic) bond motifs is 1. The minimum absolute atomic E-state index is 0.122. The van der Waals surface area contributed by atoms with Gasteiger partial charge in [0.05, 0.1) is 19.7 Å². The number of nitrogens with one attached hydrogen (secondary N) is 2. The van der Waals surface area contributed by atoms with Gasteiger partial charge in [-0.05, 0) is 49.1 Å². The standard InChI is InChI=1S/C21H22N2O4/c1-12-5-13(2)19-14(6-12)7-16(21(25)23-19)11-22-20(24)15-8-17(26-3)10-18(9-15)27-4/h5-10H,11H2,1-4H3,(H,22,24)(H,23,25). The molecule has 6 nitrogen and oxygen atoms in total. The van der Waals surface area contributed by atoms with Gasteiger partial charge in [0.2, 0.25) is 0 Å². The van der Waals surface area contributed by atoms with Crippen LogP contribution in [-0.4, -0.2) is 25.1 Å². The quantitative estimate of drug-likeness (QED) is 0.727. The first-order valence-corrected chi connectivity index (χ1v) is 8.55. The second kappa shape index (κ2) is 7.53. The van der Waals surface area contributed by atoms with Crippen molar-refractivity contribution < 1.29 is 14.3 Å². The number of hydrogen-bond acceptors (Lipinski definition) is 4. The summed E-state index contributed by atoms with van der Waals surface area (Å²) >= 11 is 0. The molecule has 1 aromatic heterocycles. The summed E-state index contributed by atoms with van der Waals surface area (Å²) in [6.07, 6.45) is 0. The second-order valence-corrected chi connectivity index (χ2v) is 6.45. The van der Waals surface area contributed by atoms with E-state index in [1.54, 1.807) is 18.2 Å². The summed E-state index contributed by atoms with van der Waals surface area (Å²) in [6.45, 7) is 4.09. The van der Waals surface area contributed by atoms with Gasteiger partial charge in [-0.15, -0.1) is 0 Å². The fourth-order valence-electron chi connectivity index (χ4n) is 3.08. The number of rotatable bonds is 5. The number of hydrogen-bond donors (Lipinski definition) is 2. The molecule has 1 amide bonds. The third-order valence-electron chi connectivity index (χ3n) is 4.42. The van der Waals surface area contributed by atoms with Crippen molar-refractivity contribution in [3.63, 3.8) is 0 Å². The number of aromatic amines is 1. The van der Waals surface area contributed by atoms with Crippen molar-refractivity contribution in [1.29, 1.82) is 0 Å². The highest BCUT2D eigenvalue weighted by molar-refractivity contribution is 5.95. The van der Waals surface area contributed by atoms with Gasteiger partial charge in [0.1, 0.15) is 11.5 Å². The van der Waals surface area contributed by atoms with Gasteiger partial charge in [0.15, 0.2) is 0 Å². The van der Waals surface area contributed by atoms with E-state index in [0.29, 0.717) is 22.6 Å². The van der Waals surface area contributed by atoms with Crippen LogP contribution in [-0.2, 0) is 6.54 Å². The fourth-order valence-corrected chi connectivity index (χ4v) is 3.08. The van der Waals surface area contributed by atoms with Crippen LogP contribution >= 0.6 is 0 Å². The van der Waals surface area contributed by atoms with E-state index < -0.39 is 0 Å². The highest BCUT2D eigenvalue weighted by atomic mass is 16.5. The van der Waals surface area contributed by atoms with Crippen molar-refractivity contribution in [3.05, 3.63) is 69.0 Å². The van der Waals surface area contributed by atoms with E-state index in [1.165, 1.54) is 14.2 Å². The van der Waals surface area contributed by atoms with Crippen LogP contribution in [0.3, 0.4) is 0 Å². The van der Waals surface area contributed by atoms with E-state index >= 15 is 0 Å². The van der Waals surface area contributed by atoms with E-state index in [2.05, 4.69) is 10.3 Å². The zero-order valence-corrected chi connectivity index (χ0v) is 15.8. The molecule has 3 rings (SSSR count). The Hall–Kier alpha value is -3.28. The second-order valence-electron chi connectivity index (χ2n) is 6.45. The summed E-state index contributed by atoms with van der Waals surface area (Å²) in [7, 11) is 3.05. The van der Waals surface area contributed by atoms with Crippen LogP contribution in [0.4, 0.5) is 0 Å². The lowest BCUT2D eigenvalue weighted by atomic mass is 10.1. The lowest BCUT2D eigenvalue weighted by Gasteiger charge is -2.10. The van der Waals surface area contributed by atoms with Crippen molar-refractivity contribution in [2.24, 2.45) is 0 Å². The Labute approximate surface area is 157 Å². The maximum atomic E-state index is 12.5. The number of H-pyrrole nitrogens is 1. The largest absolute Gasteiger partial charge is 0.497 e. The summed E-state index contributed by atoms with van der Waals surface area (Å²) in [5.41, 5.74) is 3.63. The maximum absolute atomic E-state index is 12.5. The molecule has 0 atom stereocenters. The smallest absolute Gasteiger partial charge is 0.253 e. The molecule has 0 aliphatic heterocycles. The molecule has 6 heteroatoms. The average molecular weight is 366 g/mol. The SMILES string of the molecule is COc1cc(OC)cc(C(=O)NCc2cc3cc(C)cc(C)c3[nH]c2=O)c1. The van der Waals surface area contributed by atoms with Gasteiger partial charge in [0.25, 0.3) is 11.5 Å². The lowest BCUT2D eigenvalue weighted by molar-refractivity contribution is 0.0950. The molecule has 0 saturated heterocycles. The predicted molar refractivity (Wildman–Crippen MR) is 105 cm³/mol. The number of ether oxygens (including phenoxy) is 2. The third kappa shape index (κ3) is 3.95. The van der Waals surface area contributed by atoms with Crippen molar-refractivity contribution in [3.8, 4) is 11.5 Å². The van der Waals surface area contributed by atoms with Crippen molar-refractivity contribution in [1.82, 2.24) is 10.3 Å². The van der Waals surface area contributed by atoms with E-state index in [9.17, 15) is 9.59 Å². The van der Waals surface area contributed by atoms with Crippen LogP contribution in [0.2, 0.25) is 0 Å². The minimum Gasteiger partial charge on any atom is -0.497 e. The molecule has 3 aromatic rings. The van der Waals surface area contributed by atoms with Crippen molar-refractivity contribution in [2.45, 2.75) is 20.4 Å². The summed E-state index contributed by atoms with van der Waals surface area (Å²) in [5.74, 6) is 0.732. The fraction of sp³-hybridized carbons (Fsp3) is 0.238. The summed E-state index contributed by atoms with van der Waals surface area (Å²) < 4.78 is 10.4. The Balaban J connectivity index is 1.85. The van der Waals surface area contributed by atoms with Gasteiger partial charge in [-0.3, -0.25) is 9.59 Å². The Morgan fingerprint density at radius 1 is 1.00 bits per heavy atom. The van der Waals surface area contributed by atoms with Crippen molar-refractivity contribution >= 4 is 16.8 Å². The molecule has 0 aliphatic rings. The van der Waals surface area contributed by atoms with Crippen LogP contribution in [0.15, 0.2) is 41.2 Å². The number of aryl methyl sites for hydroxylation is 2. The normalized spacial score (nSPS) is 10.7. The van der Waals surface area contributed by atoms with E-state index in [1.807, 2.05) is 32.0 Å². The van der Waals surface area contributed by atoms with Gasteiger partial charge in [-0.25, -0.2) is 0 Å². The first-order valence-electron chi connectivity index (χ1n) is 8.55. The molecule has 0 aliphatic carbocycles. The number of amides is 1. The van der Waals surface area contributed by atoms with E-state index in [-0.39, 0.29) is 18.0 Å². The average Bonchev–Trinajstić information content (AvgIpc) is 2.66. The number of carbonyl (C=O) groups is 1. The zero-order valence-electron chi connectivity index (χ0n) is 15.8. The van der Waals surface area contributed by atoms with Gasteiger partial charge in [-0.1, -0.05) is 11.6 Å². The molecule has 0 bridgehead atoms. The highest BCUT2D eigenvalue weighted by Crippen LogP contribution is 2.22. The number of benzene rings is 2. The summed E-state index contributed by atoms with van der Waals surface area (Å²) in [5, 5.41) is 3.73. The molecule has 27 heavy (non-hydrogen) atoms. The Morgan fingerprint density at radius 2 is 1.67 bits per heavy atom. The van der Waals surface area contributed by atoms with E-state index in [0.717, 1.165) is 22.0 Å². The molecule has 0 spiro atoms. The van der Waals surface area contributed by atoms with Gasteiger partial charge in [0, 0.05) is 23.7 Å². The van der Waals surface area contributed by atoms with Gasteiger partial charge in [-0.2, -0.15) is 0 Å². The van der Waals surface area contributed by atoms with Crippen LogP contribution < -0.4 is 20.3 Å². The molecular weight excluding hydrogens is 344 g/mol. The molecule has 0 radical (unpaired) electrons. The summed E-state index contributed by atoms with van der Waals surface area (Å²) in [6, 6.07) is 10.8. The molecule has 140 valence electrons. The van der Waals surface area contributed by atoms with Crippen LogP contribution in [0.1, 0.15) is 27.0 Å². The molecule has 1 heterocycles. The minimum atomic E-state index is -0.313. The predicted octanol–water partition coefficient (Wildman–Crippen LogP) is 3.09. The van der Waals surface area contributed by atoms with Crippen LogP contribution in [0.5, 0.6) is 11.5 Å². The number of methoxy groups -OCH3 is 2. The topological polar surface area (TPSA) is 80.4 Å². The zero-order chi connectivity index (χ0) is 19.6. The molecule has 2 N–H and O–H groups in total. The number of pyridine rings is 1. The maximum Gasteiger partial charge on any atom is 0.253 e. The Kier molecular flexibility index (Phi) is 5.16. The lowest BCUT2D eigenvalue weighted by Crippen LogP contribution is -2.26. The summed E-state index contributed by atoms with van der Waals surface area (Å²) in [4.78, 5) is 27.8. The van der Waals surface area contributed by atoms with Crippen molar-refractivity contribution in [2.75, 3.05) is 14.2 Å². The highest BCUT2D eigenvalue weighted by Gasteiger charge is 2.11. The monoisotopic (exact) mass is 366 g/mol. The molecule has 0 unspecified atom stereocenters. The first kappa shape index (κ1) is 18.5. The third-order valence-corrected chi connectivity index (χ3v) is 4.42. The van der Waals surface area contributed by atoms with Crippen LogP contribution in [0, 0.1) is 13.8 Å². The Bertz CT molecular complexity index is 1050. The molecular formula is C21H22N2O4. The molecule has 0 fully saturated rings. The number of aromatic nitrogens is 1. The van der Waals surface area contributed by atoms with E-state index in [4.69, 9.17) is 9.47 Å². The van der Waals surface area contributed by atoms with Gasteiger partial charge < -0.3 is 19.8 Å². The Morgan fingerprint density at radius 3 is 2.30 bits per heavy atom. The van der Waals surface area contributed by atoms with Gasteiger partial charge >= 0.3 is 0 Å². The number of carbonyl (C=O) groups excluding carboxylic acids is 1. The molecule has 2 aromatic carbocycles. The first-order chi connectivity index (χ1) is 12.9.